The van der Waals surface area contributed by atoms with Crippen LogP contribution >= 0.6 is 0 Å². The number of ether oxygens (including phenoxy) is 2. The second-order valence-electron chi connectivity index (χ2n) is 5.71. The third-order valence-corrected chi connectivity index (χ3v) is 5.41. The third-order valence-electron chi connectivity index (χ3n) is 3.86. The number of benzene rings is 2. The molecule has 0 saturated carbocycles. The first-order valence-corrected chi connectivity index (χ1v) is 9.79. The van der Waals surface area contributed by atoms with Gasteiger partial charge in [-0.25, -0.2) is 17.5 Å². The second-order valence-corrected chi connectivity index (χ2v) is 7.48. The van der Waals surface area contributed by atoms with Gasteiger partial charge in [-0.15, -0.1) is 0 Å². The van der Waals surface area contributed by atoms with Gasteiger partial charge in [0, 0.05) is 12.6 Å². The topological polar surface area (TPSA) is 137 Å². The molecule has 29 heavy (non-hydrogen) atoms. The zero-order valence-electron chi connectivity index (χ0n) is 15.9. The van der Waals surface area contributed by atoms with Gasteiger partial charge in [0.05, 0.1) is 35.9 Å². The predicted molar refractivity (Wildman–Crippen MR) is 103 cm³/mol. The summed E-state index contributed by atoms with van der Waals surface area (Å²) < 4.78 is 50.9. The summed E-state index contributed by atoms with van der Waals surface area (Å²) in [5.41, 5.74) is 4.65. The van der Waals surface area contributed by atoms with Crippen molar-refractivity contribution in [2.45, 2.75) is 11.8 Å². The Balaban J connectivity index is 2.49. The van der Waals surface area contributed by atoms with E-state index in [1.165, 1.54) is 26.4 Å². The lowest BCUT2D eigenvalue weighted by Crippen LogP contribution is -2.24. The Morgan fingerprint density at radius 1 is 1.07 bits per heavy atom. The number of sulfonamides is 1. The molecule has 0 unspecified atom stereocenters. The van der Waals surface area contributed by atoms with Crippen LogP contribution < -0.4 is 25.2 Å². The maximum absolute atomic E-state index is 14.2. The molecule has 0 aliphatic carbocycles. The Kier molecular flexibility index (Phi) is 6.77. The number of amides is 2. The standard InChI is InChI=1S/C18H20FN3O6S/c1-4-21-29(25,26)10-5-6-13(19)11(7-10)18(24)22-14-9-16(28-3)15(27-2)8-12(14)17(20)23/h5-9,21H,4H2,1-3H3,(H2,20,23)(H,22,24). The minimum absolute atomic E-state index is 0.0560. The summed E-state index contributed by atoms with van der Waals surface area (Å²) in [4.78, 5) is 24.1. The Morgan fingerprint density at radius 2 is 1.69 bits per heavy atom. The van der Waals surface area contributed by atoms with Crippen LogP contribution in [0.2, 0.25) is 0 Å². The lowest BCUT2D eigenvalue weighted by atomic mass is 10.1. The molecule has 9 nitrogen and oxygen atoms in total. The zero-order chi connectivity index (χ0) is 21.8. The van der Waals surface area contributed by atoms with Crippen LogP contribution in [0.5, 0.6) is 11.5 Å². The number of rotatable bonds is 8. The summed E-state index contributed by atoms with van der Waals surface area (Å²) in [5, 5.41) is 2.36. The van der Waals surface area contributed by atoms with E-state index in [4.69, 9.17) is 15.2 Å². The van der Waals surface area contributed by atoms with Gasteiger partial charge in [-0.3, -0.25) is 9.59 Å². The Bertz CT molecular complexity index is 1060. The molecule has 0 saturated heterocycles. The highest BCUT2D eigenvalue weighted by Crippen LogP contribution is 2.33. The number of carbonyl (C=O) groups excluding carboxylic acids is 2. The highest BCUT2D eigenvalue weighted by Gasteiger charge is 2.22. The first-order chi connectivity index (χ1) is 13.6. The molecule has 2 amide bonds. The molecule has 0 heterocycles. The van der Waals surface area contributed by atoms with Gasteiger partial charge in [-0.05, 0) is 24.3 Å². The van der Waals surface area contributed by atoms with Gasteiger partial charge in [-0.1, -0.05) is 6.92 Å². The summed E-state index contributed by atoms with van der Waals surface area (Å²) in [5.74, 6) is -2.41. The SMILES string of the molecule is CCNS(=O)(=O)c1ccc(F)c(C(=O)Nc2cc(OC)c(OC)cc2C(N)=O)c1. The first-order valence-electron chi connectivity index (χ1n) is 8.31. The Morgan fingerprint density at radius 3 is 2.24 bits per heavy atom. The molecule has 11 heteroatoms. The number of nitrogens with two attached hydrogens (primary N) is 1. The zero-order valence-corrected chi connectivity index (χ0v) is 16.7. The number of hydrogen-bond acceptors (Lipinski definition) is 6. The monoisotopic (exact) mass is 425 g/mol. The van der Waals surface area contributed by atoms with E-state index in [1.54, 1.807) is 6.92 Å². The molecule has 0 fully saturated rings. The molecule has 2 aromatic rings. The molecule has 2 rings (SSSR count). The number of halogens is 1. The van der Waals surface area contributed by atoms with Crippen LogP contribution in [0.3, 0.4) is 0 Å². The van der Waals surface area contributed by atoms with Gasteiger partial charge in [-0.2, -0.15) is 0 Å². The number of anilines is 1. The maximum Gasteiger partial charge on any atom is 0.258 e. The number of methoxy groups -OCH3 is 2. The summed E-state index contributed by atoms with van der Waals surface area (Å²) in [6.45, 7) is 1.70. The van der Waals surface area contributed by atoms with Crippen LogP contribution in [0.25, 0.3) is 0 Å². The highest BCUT2D eigenvalue weighted by molar-refractivity contribution is 7.89. The molecule has 0 atom stereocenters. The fraction of sp³-hybridized carbons (Fsp3) is 0.222. The van der Waals surface area contributed by atoms with Gasteiger partial charge >= 0.3 is 0 Å². The fourth-order valence-corrected chi connectivity index (χ4v) is 3.56. The van der Waals surface area contributed by atoms with E-state index in [9.17, 15) is 22.4 Å². The average molecular weight is 425 g/mol. The number of nitrogens with one attached hydrogen (secondary N) is 2. The Hall–Kier alpha value is -3.18. The second kappa shape index (κ2) is 8.88. The predicted octanol–water partition coefficient (Wildman–Crippen LogP) is 1.49. The van der Waals surface area contributed by atoms with Crippen LogP contribution in [0, 0.1) is 5.82 Å². The normalized spacial score (nSPS) is 11.0. The van der Waals surface area contributed by atoms with Crippen molar-refractivity contribution in [2.75, 3.05) is 26.1 Å². The number of carbonyl (C=O) groups is 2. The smallest absolute Gasteiger partial charge is 0.258 e. The van der Waals surface area contributed by atoms with E-state index in [-0.39, 0.29) is 34.2 Å². The summed E-state index contributed by atoms with van der Waals surface area (Å²) in [6, 6.07) is 5.35. The van der Waals surface area contributed by atoms with Gasteiger partial charge < -0.3 is 20.5 Å². The van der Waals surface area contributed by atoms with Gasteiger partial charge in [0.25, 0.3) is 11.8 Å². The Labute approximate surface area is 167 Å². The molecule has 2 aromatic carbocycles. The molecule has 0 spiro atoms. The molecule has 0 aliphatic rings. The molecule has 0 bridgehead atoms. The van der Waals surface area contributed by atoms with Gasteiger partial charge in [0.1, 0.15) is 5.82 Å². The van der Waals surface area contributed by atoms with E-state index in [0.29, 0.717) is 0 Å². The van der Waals surface area contributed by atoms with Crippen molar-refractivity contribution >= 4 is 27.5 Å². The molecule has 4 N–H and O–H groups in total. The van der Waals surface area contributed by atoms with E-state index < -0.39 is 33.2 Å². The van der Waals surface area contributed by atoms with Crippen molar-refractivity contribution in [2.24, 2.45) is 5.73 Å². The molecule has 0 aromatic heterocycles. The van der Waals surface area contributed by atoms with Gasteiger partial charge in [0.15, 0.2) is 11.5 Å². The van der Waals surface area contributed by atoms with Crippen molar-refractivity contribution in [3.63, 3.8) is 0 Å². The minimum atomic E-state index is -3.90. The van der Waals surface area contributed by atoms with E-state index in [0.717, 1.165) is 18.2 Å². The van der Waals surface area contributed by atoms with E-state index in [1.807, 2.05) is 0 Å². The molecular weight excluding hydrogens is 405 g/mol. The highest BCUT2D eigenvalue weighted by atomic mass is 32.2. The summed E-state index contributed by atoms with van der Waals surface area (Å²) in [7, 11) is -1.20. The first kappa shape index (κ1) is 22.1. The lowest BCUT2D eigenvalue weighted by Gasteiger charge is -2.14. The fourth-order valence-electron chi connectivity index (χ4n) is 2.49. The van der Waals surface area contributed by atoms with Gasteiger partial charge in [0.2, 0.25) is 10.0 Å². The number of primary amides is 1. The van der Waals surface area contributed by atoms with Crippen LogP contribution in [0.1, 0.15) is 27.6 Å². The molecule has 156 valence electrons. The van der Waals surface area contributed by atoms with E-state index in [2.05, 4.69) is 10.0 Å². The summed E-state index contributed by atoms with van der Waals surface area (Å²) >= 11 is 0. The van der Waals surface area contributed by atoms with Crippen molar-refractivity contribution in [1.29, 1.82) is 0 Å². The van der Waals surface area contributed by atoms with Crippen LogP contribution in [-0.2, 0) is 10.0 Å². The van der Waals surface area contributed by atoms with E-state index >= 15 is 0 Å². The minimum Gasteiger partial charge on any atom is -0.493 e. The lowest BCUT2D eigenvalue weighted by molar-refractivity contribution is 0.100. The summed E-state index contributed by atoms with van der Waals surface area (Å²) in [6.07, 6.45) is 0. The maximum atomic E-state index is 14.2. The van der Waals surface area contributed by atoms with Crippen molar-refractivity contribution in [3.05, 3.63) is 47.3 Å². The van der Waals surface area contributed by atoms with Crippen molar-refractivity contribution in [1.82, 2.24) is 4.72 Å². The third kappa shape index (κ3) is 4.81. The molecule has 0 aliphatic heterocycles. The van der Waals surface area contributed by atoms with Crippen molar-refractivity contribution in [3.8, 4) is 11.5 Å². The average Bonchev–Trinajstić information content (AvgIpc) is 2.67. The molecular formula is C18H20FN3O6S. The number of hydrogen-bond donors (Lipinski definition) is 3. The van der Waals surface area contributed by atoms with Crippen molar-refractivity contribution < 1.29 is 31.9 Å². The quantitative estimate of drug-likeness (QED) is 0.586. The van der Waals surface area contributed by atoms with Crippen LogP contribution in [0.15, 0.2) is 35.2 Å². The van der Waals surface area contributed by atoms with Crippen LogP contribution in [0.4, 0.5) is 10.1 Å². The van der Waals surface area contributed by atoms with Crippen LogP contribution in [-0.4, -0.2) is 41.0 Å². The largest absolute Gasteiger partial charge is 0.493 e. The molecule has 0 radical (unpaired) electrons.